The number of nitrogens with one attached hydrogen (secondary N) is 2. The van der Waals surface area contributed by atoms with Crippen molar-refractivity contribution in [2.75, 3.05) is 23.7 Å². The number of hydrogen-bond donors (Lipinski definition) is 2. The van der Waals surface area contributed by atoms with Crippen LogP contribution in [0.1, 0.15) is 4.88 Å². The molecule has 0 unspecified atom stereocenters. The molecule has 21 heavy (non-hydrogen) atoms. The second kappa shape index (κ2) is 9.71. The van der Waals surface area contributed by atoms with Gasteiger partial charge in [-0.05, 0) is 22.0 Å². The lowest BCUT2D eigenvalue weighted by Gasteiger charge is -2.19. The van der Waals surface area contributed by atoms with Crippen molar-refractivity contribution >= 4 is 71.8 Å². The maximum Gasteiger partial charge on any atom is 0.341 e. The van der Waals surface area contributed by atoms with E-state index in [0.29, 0.717) is 33.1 Å². The third kappa shape index (κ3) is 6.74. The molecule has 0 amide bonds. The van der Waals surface area contributed by atoms with Gasteiger partial charge in [0, 0.05) is 28.6 Å². The molecule has 0 saturated heterocycles. The number of nitro groups is 1. The van der Waals surface area contributed by atoms with Gasteiger partial charge in [0.1, 0.15) is 4.47 Å². The van der Waals surface area contributed by atoms with E-state index < -0.39 is 12.6 Å². The largest absolute Gasteiger partial charge is 0.341 e. The van der Waals surface area contributed by atoms with Crippen LogP contribution in [0, 0.1) is 10.1 Å². The predicted octanol–water partition coefficient (Wildman–Crippen LogP) is 4.01. The summed E-state index contributed by atoms with van der Waals surface area (Å²) in [5.74, 6) is 0. The molecule has 0 radical (unpaired) electrons. The first kappa shape index (κ1) is 19.7. The number of nitrogens with zero attached hydrogens (tertiary/aromatic N) is 1. The second-order valence-electron chi connectivity index (χ2n) is 3.64. The van der Waals surface area contributed by atoms with Crippen molar-refractivity contribution < 1.29 is 14.0 Å². The minimum Gasteiger partial charge on any atom is -0.300 e. The molecule has 0 fully saturated rings. The zero-order valence-corrected chi connectivity index (χ0v) is 17.2. The summed E-state index contributed by atoms with van der Waals surface area (Å²) in [7, 11) is -3.19. The molecule has 0 aromatic carbocycles. The zero-order chi connectivity index (χ0) is 15.9. The quantitative estimate of drug-likeness (QED) is 0.206. The molecule has 0 spiro atoms. The van der Waals surface area contributed by atoms with Crippen LogP contribution in [0.2, 0.25) is 0 Å². The van der Waals surface area contributed by atoms with Gasteiger partial charge in [0.15, 0.2) is 0 Å². The van der Waals surface area contributed by atoms with Gasteiger partial charge in [-0.15, -0.1) is 0 Å². The molecule has 0 atom stereocenters. The molecule has 0 aliphatic carbocycles. The monoisotopic (exact) mass is 527 g/mol. The van der Waals surface area contributed by atoms with Gasteiger partial charge in [0.25, 0.3) is 0 Å². The fourth-order valence-corrected chi connectivity index (χ4v) is 5.40. The summed E-state index contributed by atoms with van der Waals surface area (Å²) >= 11 is 10.6. The Labute approximate surface area is 151 Å². The Kier molecular flexibility index (Phi) is 9.11. The van der Waals surface area contributed by atoms with Gasteiger partial charge in [-0.3, -0.25) is 14.7 Å². The maximum atomic E-state index is 12.5. The van der Waals surface area contributed by atoms with Gasteiger partial charge in [0.2, 0.25) is 0 Å². The molecule has 7 nitrogen and oxygen atoms in total. The third-order valence-corrected chi connectivity index (χ3v) is 6.60. The van der Waals surface area contributed by atoms with Crippen molar-refractivity contribution in [3.63, 3.8) is 0 Å². The number of thiophene rings is 1. The summed E-state index contributed by atoms with van der Waals surface area (Å²) in [6.45, 7) is 0.973. The number of alkyl halides is 2. The van der Waals surface area contributed by atoms with E-state index >= 15 is 0 Å². The molecule has 1 aromatic heterocycles. The molecule has 0 bridgehead atoms. The molecule has 12 heteroatoms. The van der Waals surface area contributed by atoms with Crippen molar-refractivity contribution in [2.24, 2.45) is 0 Å². The minimum atomic E-state index is -3.19. The Morgan fingerprint density at radius 2 is 1.90 bits per heavy atom. The minimum absolute atomic E-state index is 0.00488. The molecule has 120 valence electrons. The lowest BCUT2D eigenvalue weighted by atomic mass is 10.5. The normalized spacial score (nSPS) is 11.8. The van der Waals surface area contributed by atoms with Crippen LogP contribution in [0.3, 0.4) is 0 Å². The van der Waals surface area contributed by atoms with Crippen molar-refractivity contribution in [2.45, 2.75) is 6.61 Å². The molecule has 0 aliphatic rings. The first-order chi connectivity index (χ1) is 9.91. The molecule has 1 heterocycles. The first-order valence-electron chi connectivity index (χ1n) is 5.71. The lowest BCUT2D eigenvalue weighted by Crippen LogP contribution is -2.26. The molecule has 1 aromatic rings. The lowest BCUT2D eigenvalue weighted by molar-refractivity contribution is -0.380. The van der Waals surface area contributed by atoms with Crippen LogP contribution in [0.5, 0.6) is 0 Å². The van der Waals surface area contributed by atoms with E-state index in [1.807, 2.05) is 0 Å². The standard InChI is InChI=1S/C9H13Br3N3O4PS/c10-1-3-13-20(18,14-4-2-11)19-6-7-5-8(12)9(21-7)15(16)17/h5H,1-4,6H2,(H2,13,14,18). The molecule has 2 N–H and O–H groups in total. The zero-order valence-electron chi connectivity index (χ0n) is 10.7. The van der Waals surface area contributed by atoms with E-state index in [-0.39, 0.29) is 11.6 Å². The van der Waals surface area contributed by atoms with Crippen molar-refractivity contribution in [3.8, 4) is 0 Å². The first-order valence-corrected chi connectivity index (χ1v) is 11.2. The maximum absolute atomic E-state index is 12.5. The highest BCUT2D eigenvalue weighted by atomic mass is 79.9. The Morgan fingerprint density at radius 3 is 2.33 bits per heavy atom. The van der Waals surface area contributed by atoms with E-state index in [2.05, 4.69) is 58.0 Å². The fraction of sp³-hybridized carbons (Fsp3) is 0.556. The summed E-state index contributed by atoms with van der Waals surface area (Å²) in [4.78, 5) is 10.9. The summed E-state index contributed by atoms with van der Waals surface area (Å²) in [5.41, 5.74) is 0. The van der Waals surface area contributed by atoms with E-state index in [9.17, 15) is 14.7 Å². The molecular formula is C9H13Br3N3O4PS. The van der Waals surface area contributed by atoms with Gasteiger partial charge in [-0.25, -0.2) is 10.2 Å². The van der Waals surface area contributed by atoms with Crippen LogP contribution in [0.25, 0.3) is 0 Å². The van der Waals surface area contributed by atoms with Crippen molar-refractivity contribution in [1.82, 2.24) is 10.2 Å². The highest BCUT2D eigenvalue weighted by Gasteiger charge is 2.23. The number of rotatable bonds is 10. The summed E-state index contributed by atoms with van der Waals surface area (Å²) in [6, 6.07) is 1.60. The highest BCUT2D eigenvalue weighted by molar-refractivity contribution is 9.10. The van der Waals surface area contributed by atoms with E-state index in [1.165, 1.54) is 0 Å². The van der Waals surface area contributed by atoms with Crippen LogP contribution >= 0.6 is 66.8 Å². The van der Waals surface area contributed by atoms with Crippen LogP contribution in [0.15, 0.2) is 10.5 Å². The van der Waals surface area contributed by atoms with Crippen LogP contribution in [-0.2, 0) is 15.7 Å². The van der Waals surface area contributed by atoms with Gasteiger partial charge in [-0.2, -0.15) is 0 Å². The van der Waals surface area contributed by atoms with E-state index in [0.717, 1.165) is 11.3 Å². The molecule has 0 saturated carbocycles. The smallest absolute Gasteiger partial charge is 0.300 e. The van der Waals surface area contributed by atoms with Gasteiger partial charge < -0.3 is 4.52 Å². The summed E-state index contributed by atoms with van der Waals surface area (Å²) in [6.07, 6.45) is 0. The second-order valence-corrected chi connectivity index (χ2v) is 9.19. The van der Waals surface area contributed by atoms with Crippen molar-refractivity contribution in [1.29, 1.82) is 0 Å². The van der Waals surface area contributed by atoms with Crippen LogP contribution < -0.4 is 10.2 Å². The Hall–Kier alpha value is 0.650. The third-order valence-electron chi connectivity index (χ3n) is 2.10. The highest BCUT2D eigenvalue weighted by Crippen LogP contribution is 2.41. The summed E-state index contributed by atoms with van der Waals surface area (Å²) < 4.78 is 18.3. The molecule has 1 rings (SSSR count). The molecular weight excluding hydrogens is 517 g/mol. The average Bonchev–Trinajstić information content (AvgIpc) is 2.82. The fourth-order valence-electron chi connectivity index (χ4n) is 1.28. The topological polar surface area (TPSA) is 93.5 Å². The van der Waals surface area contributed by atoms with Gasteiger partial charge in [-0.1, -0.05) is 43.2 Å². The van der Waals surface area contributed by atoms with Crippen molar-refractivity contribution in [3.05, 3.63) is 25.5 Å². The van der Waals surface area contributed by atoms with Gasteiger partial charge >= 0.3 is 12.7 Å². The summed E-state index contributed by atoms with van der Waals surface area (Å²) in [5, 5.41) is 17.7. The number of halogens is 3. The van der Waals surface area contributed by atoms with Crippen LogP contribution in [0.4, 0.5) is 5.00 Å². The van der Waals surface area contributed by atoms with E-state index in [1.54, 1.807) is 6.07 Å². The van der Waals surface area contributed by atoms with Crippen LogP contribution in [-0.4, -0.2) is 28.7 Å². The Bertz CT molecular complexity index is 518. The van der Waals surface area contributed by atoms with Gasteiger partial charge in [0.05, 0.1) is 11.5 Å². The SMILES string of the molecule is O=[N+]([O-])c1sc(COP(=O)(NCCBr)NCCBr)cc1Br. The number of hydrogen-bond acceptors (Lipinski definition) is 5. The van der Waals surface area contributed by atoms with E-state index in [4.69, 9.17) is 4.52 Å². The Balaban J connectivity index is 2.69. The average molecular weight is 530 g/mol. The molecule has 0 aliphatic heterocycles. The Morgan fingerprint density at radius 1 is 1.33 bits per heavy atom. The predicted molar refractivity (Wildman–Crippen MR) is 94.7 cm³/mol.